The van der Waals surface area contributed by atoms with Crippen LogP contribution >= 0.6 is 0 Å². The second-order valence-electron chi connectivity index (χ2n) is 5.34. The number of nitrogens with zero attached hydrogens (tertiary/aromatic N) is 1. The predicted molar refractivity (Wildman–Crippen MR) is 79.2 cm³/mol. The summed E-state index contributed by atoms with van der Waals surface area (Å²) in [6, 6.07) is 8.26. The van der Waals surface area contributed by atoms with Crippen molar-refractivity contribution in [2.45, 2.75) is 32.2 Å². The second kappa shape index (κ2) is 5.95. The van der Waals surface area contributed by atoms with Crippen LogP contribution in [0.15, 0.2) is 24.3 Å². The van der Waals surface area contributed by atoms with Crippen molar-refractivity contribution in [3.8, 4) is 0 Å². The van der Waals surface area contributed by atoms with E-state index in [0.29, 0.717) is 6.54 Å². The number of hydrogen-bond donors (Lipinski definition) is 0. The van der Waals surface area contributed by atoms with E-state index in [2.05, 4.69) is 19.1 Å². The zero-order valence-corrected chi connectivity index (χ0v) is 12.8. The molecule has 20 heavy (non-hydrogen) atoms. The minimum Gasteiger partial charge on any atom is -0.335 e. The molecule has 5 heteroatoms. The summed E-state index contributed by atoms with van der Waals surface area (Å²) in [5.41, 5.74) is 2.50. The Hall–Kier alpha value is -1.36. The summed E-state index contributed by atoms with van der Waals surface area (Å²) in [6.07, 6.45) is 2.94. The highest BCUT2D eigenvalue weighted by Crippen LogP contribution is 2.32. The van der Waals surface area contributed by atoms with Crippen LogP contribution in [-0.2, 0) is 21.1 Å². The lowest BCUT2D eigenvalue weighted by Gasteiger charge is -2.37. The summed E-state index contributed by atoms with van der Waals surface area (Å²) in [5.74, 6) is -0.128. The average Bonchev–Trinajstić information content (AvgIpc) is 2.42. The van der Waals surface area contributed by atoms with Gasteiger partial charge in [-0.15, -0.1) is 0 Å². The van der Waals surface area contributed by atoms with E-state index in [9.17, 15) is 13.2 Å². The third-order valence-corrected chi connectivity index (χ3v) is 4.75. The molecule has 1 atom stereocenters. The van der Waals surface area contributed by atoms with Crippen molar-refractivity contribution in [2.24, 2.45) is 0 Å². The van der Waals surface area contributed by atoms with Gasteiger partial charge in [0.1, 0.15) is 9.84 Å². The number of sulfone groups is 1. The Morgan fingerprint density at radius 3 is 2.70 bits per heavy atom. The molecule has 0 bridgehead atoms. The molecule has 0 N–H and O–H groups in total. The van der Waals surface area contributed by atoms with Crippen molar-refractivity contribution in [1.29, 1.82) is 0 Å². The van der Waals surface area contributed by atoms with Gasteiger partial charge in [-0.05, 0) is 24.0 Å². The summed E-state index contributed by atoms with van der Waals surface area (Å²) < 4.78 is 22.4. The number of benzene rings is 1. The molecule has 0 aliphatic carbocycles. The fourth-order valence-electron chi connectivity index (χ4n) is 2.81. The number of hydrogen-bond acceptors (Lipinski definition) is 3. The van der Waals surface area contributed by atoms with Gasteiger partial charge in [0.25, 0.3) is 0 Å². The van der Waals surface area contributed by atoms with E-state index in [4.69, 9.17) is 0 Å². The minimum absolute atomic E-state index is 0.0585. The molecular formula is C15H21NO3S. The third kappa shape index (κ3) is 3.39. The molecule has 1 aliphatic rings. The molecule has 4 nitrogen and oxygen atoms in total. The van der Waals surface area contributed by atoms with E-state index >= 15 is 0 Å². The monoisotopic (exact) mass is 295 g/mol. The maximum absolute atomic E-state index is 12.3. The third-order valence-electron chi connectivity index (χ3n) is 3.81. The fourth-order valence-corrected chi connectivity index (χ4v) is 3.35. The Balaban J connectivity index is 2.15. The molecule has 0 saturated carbocycles. The predicted octanol–water partition coefficient (Wildman–Crippen LogP) is 1.96. The molecule has 1 unspecified atom stereocenters. The van der Waals surface area contributed by atoms with Gasteiger partial charge in [0.15, 0.2) is 0 Å². The van der Waals surface area contributed by atoms with Gasteiger partial charge in [0, 0.05) is 19.2 Å². The second-order valence-corrected chi connectivity index (χ2v) is 7.60. The lowest BCUT2D eigenvalue weighted by molar-refractivity contribution is -0.133. The van der Waals surface area contributed by atoms with E-state index in [-0.39, 0.29) is 24.1 Å². The highest BCUT2D eigenvalue weighted by atomic mass is 32.2. The van der Waals surface area contributed by atoms with E-state index < -0.39 is 9.84 Å². The maximum atomic E-state index is 12.3. The van der Waals surface area contributed by atoms with Crippen molar-refractivity contribution in [1.82, 2.24) is 4.90 Å². The number of rotatable bonds is 4. The largest absolute Gasteiger partial charge is 0.335 e. The SMILES string of the molecule is CCC1c2ccccc2CCN1C(=O)CCS(C)(=O)=O. The Morgan fingerprint density at radius 1 is 1.35 bits per heavy atom. The summed E-state index contributed by atoms with van der Waals surface area (Å²) >= 11 is 0. The number of fused-ring (bicyclic) bond motifs is 1. The average molecular weight is 295 g/mol. The first-order valence-corrected chi connectivity index (χ1v) is 9.03. The van der Waals surface area contributed by atoms with Gasteiger partial charge in [-0.1, -0.05) is 31.2 Å². The van der Waals surface area contributed by atoms with Gasteiger partial charge >= 0.3 is 0 Å². The lowest BCUT2D eigenvalue weighted by atomic mass is 9.91. The molecule has 1 aliphatic heterocycles. The van der Waals surface area contributed by atoms with Crippen LogP contribution in [0.1, 0.15) is 36.9 Å². The van der Waals surface area contributed by atoms with Crippen LogP contribution in [0, 0.1) is 0 Å². The molecule has 0 spiro atoms. The van der Waals surface area contributed by atoms with Gasteiger partial charge in [0.05, 0.1) is 11.8 Å². The zero-order chi connectivity index (χ0) is 14.8. The Morgan fingerprint density at radius 2 is 2.05 bits per heavy atom. The summed E-state index contributed by atoms with van der Waals surface area (Å²) in [7, 11) is -3.09. The Labute approximate surface area is 120 Å². The van der Waals surface area contributed by atoms with E-state index in [1.807, 2.05) is 17.0 Å². The Kier molecular flexibility index (Phi) is 4.48. The maximum Gasteiger partial charge on any atom is 0.224 e. The molecule has 1 amide bonds. The fraction of sp³-hybridized carbons (Fsp3) is 0.533. The summed E-state index contributed by atoms with van der Waals surface area (Å²) in [4.78, 5) is 14.1. The smallest absolute Gasteiger partial charge is 0.224 e. The normalized spacial score (nSPS) is 18.7. The molecule has 2 rings (SSSR count). The highest BCUT2D eigenvalue weighted by Gasteiger charge is 2.29. The number of carbonyl (C=O) groups is 1. The number of amides is 1. The molecule has 1 aromatic carbocycles. The van der Waals surface area contributed by atoms with Crippen molar-refractivity contribution >= 4 is 15.7 Å². The van der Waals surface area contributed by atoms with Gasteiger partial charge in [-0.2, -0.15) is 0 Å². The van der Waals surface area contributed by atoms with Gasteiger partial charge in [0.2, 0.25) is 5.91 Å². The van der Waals surface area contributed by atoms with Gasteiger partial charge in [-0.3, -0.25) is 4.79 Å². The molecular weight excluding hydrogens is 274 g/mol. The zero-order valence-electron chi connectivity index (χ0n) is 12.0. The van der Waals surface area contributed by atoms with Crippen LogP contribution in [-0.4, -0.2) is 37.8 Å². The van der Waals surface area contributed by atoms with Crippen LogP contribution in [0.3, 0.4) is 0 Å². The standard InChI is InChI=1S/C15H21NO3S/c1-3-14-13-7-5-4-6-12(13)8-10-16(14)15(17)9-11-20(2,18)19/h4-7,14H,3,8-11H2,1-2H3. The van der Waals surface area contributed by atoms with Crippen LogP contribution in [0.2, 0.25) is 0 Å². The first-order valence-electron chi connectivity index (χ1n) is 6.97. The van der Waals surface area contributed by atoms with Crippen LogP contribution < -0.4 is 0 Å². The first-order chi connectivity index (χ1) is 9.42. The first kappa shape index (κ1) is 15.0. The molecule has 0 fully saturated rings. The molecule has 0 saturated heterocycles. The molecule has 0 radical (unpaired) electrons. The minimum atomic E-state index is -3.09. The van der Waals surface area contributed by atoms with Gasteiger partial charge < -0.3 is 4.90 Å². The van der Waals surface area contributed by atoms with Crippen LogP contribution in [0.4, 0.5) is 0 Å². The van der Waals surface area contributed by atoms with Crippen molar-refractivity contribution in [3.63, 3.8) is 0 Å². The van der Waals surface area contributed by atoms with Crippen LogP contribution in [0.5, 0.6) is 0 Å². The van der Waals surface area contributed by atoms with Crippen LogP contribution in [0.25, 0.3) is 0 Å². The highest BCUT2D eigenvalue weighted by molar-refractivity contribution is 7.90. The number of carbonyl (C=O) groups excluding carboxylic acids is 1. The lowest BCUT2D eigenvalue weighted by Crippen LogP contribution is -2.40. The summed E-state index contributed by atoms with van der Waals surface area (Å²) in [6.45, 7) is 2.74. The molecule has 1 aromatic rings. The topological polar surface area (TPSA) is 54.5 Å². The van der Waals surface area contributed by atoms with E-state index in [1.165, 1.54) is 17.4 Å². The Bertz CT molecular complexity index is 595. The van der Waals surface area contributed by atoms with Crippen molar-refractivity contribution in [2.75, 3.05) is 18.6 Å². The molecule has 0 aromatic heterocycles. The van der Waals surface area contributed by atoms with E-state index in [0.717, 1.165) is 12.8 Å². The molecule has 1 heterocycles. The summed E-state index contributed by atoms with van der Waals surface area (Å²) in [5, 5.41) is 0. The quantitative estimate of drug-likeness (QED) is 0.853. The van der Waals surface area contributed by atoms with E-state index in [1.54, 1.807) is 0 Å². The van der Waals surface area contributed by atoms with Gasteiger partial charge in [-0.25, -0.2) is 8.42 Å². The molecule has 110 valence electrons. The van der Waals surface area contributed by atoms with Crippen molar-refractivity contribution in [3.05, 3.63) is 35.4 Å². The van der Waals surface area contributed by atoms with Crippen molar-refractivity contribution < 1.29 is 13.2 Å².